The summed E-state index contributed by atoms with van der Waals surface area (Å²) in [6, 6.07) is 13.6. The fourth-order valence-corrected chi connectivity index (χ4v) is 2.67. The number of nitriles is 1. The number of ether oxygens (including phenoxy) is 1. The largest absolute Gasteiger partial charge is 0.496 e. The first-order valence-electron chi connectivity index (χ1n) is 6.50. The van der Waals surface area contributed by atoms with Crippen molar-refractivity contribution in [1.29, 1.82) is 5.26 Å². The number of nitrogens with zero attached hydrogens (tertiary/aromatic N) is 1. The highest BCUT2D eigenvalue weighted by Gasteiger charge is 2.16. The van der Waals surface area contributed by atoms with Crippen LogP contribution in [0.3, 0.4) is 0 Å². The molecule has 2 aromatic carbocycles. The van der Waals surface area contributed by atoms with Gasteiger partial charge in [0.2, 0.25) is 0 Å². The van der Waals surface area contributed by atoms with E-state index in [1.807, 2.05) is 31.2 Å². The average molecular weight is 297 g/mol. The molecule has 0 saturated heterocycles. The molecule has 104 valence electrons. The zero-order chi connectivity index (χ0) is 15.0. The SMILES string of the molecule is COc1ccc(C)cc1-c1[nH]c2ccc(Cl)cc2c1C#N. The minimum atomic E-state index is 0.580. The van der Waals surface area contributed by atoms with Crippen LogP contribution in [0.25, 0.3) is 22.2 Å². The van der Waals surface area contributed by atoms with Crippen molar-refractivity contribution in [2.24, 2.45) is 0 Å². The van der Waals surface area contributed by atoms with Crippen LogP contribution in [0.5, 0.6) is 5.75 Å². The van der Waals surface area contributed by atoms with Gasteiger partial charge in [0, 0.05) is 21.5 Å². The summed E-state index contributed by atoms with van der Waals surface area (Å²) in [6.07, 6.45) is 0. The van der Waals surface area contributed by atoms with Crippen molar-refractivity contribution in [2.75, 3.05) is 7.11 Å². The maximum absolute atomic E-state index is 9.54. The van der Waals surface area contributed by atoms with E-state index in [2.05, 4.69) is 11.1 Å². The molecule has 0 aliphatic rings. The van der Waals surface area contributed by atoms with Gasteiger partial charge in [0.25, 0.3) is 0 Å². The van der Waals surface area contributed by atoms with Gasteiger partial charge in [-0.15, -0.1) is 0 Å². The summed E-state index contributed by atoms with van der Waals surface area (Å²) in [5.74, 6) is 0.731. The van der Waals surface area contributed by atoms with Crippen molar-refractivity contribution in [3.63, 3.8) is 0 Å². The molecule has 0 amide bonds. The van der Waals surface area contributed by atoms with E-state index in [0.29, 0.717) is 10.6 Å². The highest BCUT2D eigenvalue weighted by molar-refractivity contribution is 6.31. The highest BCUT2D eigenvalue weighted by Crippen LogP contribution is 2.36. The second-order valence-corrected chi connectivity index (χ2v) is 5.32. The number of rotatable bonds is 2. The molecule has 1 aromatic heterocycles. The third kappa shape index (κ3) is 2.24. The molecule has 0 aliphatic carbocycles. The molecule has 3 aromatic rings. The quantitative estimate of drug-likeness (QED) is 0.746. The predicted octanol–water partition coefficient (Wildman–Crippen LogP) is 4.68. The van der Waals surface area contributed by atoms with Crippen LogP contribution >= 0.6 is 11.6 Å². The van der Waals surface area contributed by atoms with E-state index in [1.54, 1.807) is 19.2 Å². The smallest absolute Gasteiger partial charge is 0.128 e. The summed E-state index contributed by atoms with van der Waals surface area (Å²) in [5.41, 5.74) is 4.20. The third-order valence-corrected chi connectivity index (χ3v) is 3.73. The van der Waals surface area contributed by atoms with Crippen molar-refractivity contribution in [1.82, 2.24) is 4.98 Å². The molecular weight excluding hydrogens is 284 g/mol. The van der Waals surface area contributed by atoms with E-state index >= 15 is 0 Å². The monoisotopic (exact) mass is 296 g/mol. The number of aromatic nitrogens is 1. The first kappa shape index (κ1) is 13.5. The van der Waals surface area contributed by atoms with Gasteiger partial charge in [-0.25, -0.2) is 0 Å². The molecular formula is C17H13ClN2O. The fraction of sp³-hybridized carbons (Fsp3) is 0.118. The summed E-state index contributed by atoms with van der Waals surface area (Å²) >= 11 is 6.04. The fourth-order valence-electron chi connectivity index (χ4n) is 2.50. The molecule has 21 heavy (non-hydrogen) atoms. The number of methoxy groups -OCH3 is 1. The molecule has 1 N–H and O–H groups in total. The number of hydrogen-bond acceptors (Lipinski definition) is 2. The Bertz CT molecular complexity index is 874. The van der Waals surface area contributed by atoms with Gasteiger partial charge >= 0.3 is 0 Å². The molecule has 0 unspecified atom stereocenters. The van der Waals surface area contributed by atoms with Crippen molar-refractivity contribution < 1.29 is 4.74 Å². The lowest BCUT2D eigenvalue weighted by Gasteiger charge is -2.08. The molecule has 0 aliphatic heterocycles. The van der Waals surface area contributed by atoms with Crippen LogP contribution in [-0.2, 0) is 0 Å². The van der Waals surface area contributed by atoms with Crippen LogP contribution in [0.1, 0.15) is 11.1 Å². The van der Waals surface area contributed by atoms with E-state index in [4.69, 9.17) is 16.3 Å². The Hall–Kier alpha value is -2.44. The molecule has 3 rings (SSSR count). The number of nitrogens with one attached hydrogen (secondary N) is 1. The number of hydrogen-bond donors (Lipinski definition) is 1. The lowest BCUT2D eigenvalue weighted by molar-refractivity contribution is 0.416. The Morgan fingerprint density at radius 3 is 2.71 bits per heavy atom. The molecule has 3 nitrogen and oxygen atoms in total. The van der Waals surface area contributed by atoms with Crippen molar-refractivity contribution in [2.45, 2.75) is 6.92 Å². The van der Waals surface area contributed by atoms with Crippen LogP contribution in [0.15, 0.2) is 36.4 Å². The van der Waals surface area contributed by atoms with Crippen LogP contribution in [-0.4, -0.2) is 12.1 Å². The molecule has 0 fully saturated rings. The normalized spacial score (nSPS) is 10.6. The zero-order valence-corrected chi connectivity index (χ0v) is 12.5. The maximum Gasteiger partial charge on any atom is 0.128 e. The number of halogens is 1. The number of aromatic amines is 1. The van der Waals surface area contributed by atoms with Gasteiger partial charge in [-0.3, -0.25) is 0 Å². The molecule has 1 heterocycles. The van der Waals surface area contributed by atoms with E-state index in [0.717, 1.165) is 33.5 Å². The van der Waals surface area contributed by atoms with Gasteiger partial charge < -0.3 is 9.72 Å². The van der Waals surface area contributed by atoms with Gasteiger partial charge in [-0.05, 0) is 37.3 Å². The molecule has 0 atom stereocenters. The van der Waals surface area contributed by atoms with Gasteiger partial charge in [-0.2, -0.15) is 5.26 Å². The van der Waals surface area contributed by atoms with Crippen molar-refractivity contribution >= 4 is 22.5 Å². The maximum atomic E-state index is 9.54. The third-order valence-electron chi connectivity index (χ3n) is 3.50. The number of aryl methyl sites for hydroxylation is 1. The molecule has 0 bridgehead atoms. The summed E-state index contributed by atoms with van der Waals surface area (Å²) in [6.45, 7) is 2.01. The van der Waals surface area contributed by atoms with E-state index < -0.39 is 0 Å². The van der Waals surface area contributed by atoms with Gasteiger partial charge in [-0.1, -0.05) is 23.2 Å². The minimum Gasteiger partial charge on any atom is -0.496 e. The Morgan fingerprint density at radius 2 is 2.00 bits per heavy atom. The average Bonchev–Trinajstić information content (AvgIpc) is 2.84. The Labute approximate surface area is 127 Å². The standard InChI is InChI=1S/C17H13ClN2O/c1-10-3-6-16(21-2)13(7-10)17-14(9-19)12-8-11(18)4-5-15(12)20-17/h3-8,20H,1-2H3. The van der Waals surface area contributed by atoms with E-state index in [-0.39, 0.29) is 0 Å². The molecule has 4 heteroatoms. The Kier molecular flexibility index (Phi) is 3.32. The minimum absolute atomic E-state index is 0.580. The van der Waals surface area contributed by atoms with Crippen LogP contribution < -0.4 is 4.74 Å². The zero-order valence-electron chi connectivity index (χ0n) is 11.7. The van der Waals surface area contributed by atoms with Gasteiger partial charge in [0.05, 0.1) is 18.4 Å². The number of fused-ring (bicyclic) bond motifs is 1. The summed E-state index contributed by atoms with van der Waals surface area (Å²) in [4.78, 5) is 3.30. The summed E-state index contributed by atoms with van der Waals surface area (Å²) in [5, 5.41) is 11.0. The van der Waals surface area contributed by atoms with Crippen molar-refractivity contribution in [3.05, 3.63) is 52.5 Å². The molecule has 0 saturated carbocycles. The van der Waals surface area contributed by atoms with Crippen LogP contribution in [0.4, 0.5) is 0 Å². The van der Waals surface area contributed by atoms with Crippen LogP contribution in [0.2, 0.25) is 5.02 Å². The topological polar surface area (TPSA) is 48.8 Å². The van der Waals surface area contributed by atoms with Crippen LogP contribution in [0, 0.1) is 18.3 Å². The second kappa shape index (κ2) is 5.16. The first-order valence-corrected chi connectivity index (χ1v) is 6.88. The summed E-state index contributed by atoms with van der Waals surface area (Å²) in [7, 11) is 1.62. The predicted molar refractivity (Wildman–Crippen MR) is 84.7 cm³/mol. The Balaban J connectivity index is 2.35. The van der Waals surface area contributed by atoms with Crippen molar-refractivity contribution in [3.8, 4) is 23.1 Å². The molecule has 0 radical (unpaired) electrons. The second-order valence-electron chi connectivity index (χ2n) is 4.88. The van der Waals surface area contributed by atoms with Gasteiger partial charge in [0.15, 0.2) is 0 Å². The highest BCUT2D eigenvalue weighted by atomic mass is 35.5. The lowest BCUT2D eigenvalue weighted by Crippen LogP contribution is -1.90. The lowest BCUT2D eigenvalue weighted by atomic mass is 10.0. The molecule has 0 spiro atoms. The van der Waals surface area contributed by atoms with Gasteiger partial charge in [0.1, 0.15) is 11.8 Å². The number of H-pyrrole nitrogens is 1. The van der Waals surface area contributed by atoms with E-state index in [9.17, 15) is 5.26 Å². The number of benzene rings is 2. The first-order chi connectivity index (χ1) is 10.1. The Morgan fingerprint density at radius 1 is 1.19 bits per heavy atom. The summed E-state index contributed by atoms with van der Waals surface area (Å²) < 4.78 is 5.42. The van der Waals surface area contributed by atoms with E-state index in [1.165, 1.54) is 0 Å².